The van der Waals surface area contributed by atoms with Crippen molar-refractivity contribution in [3.63, 3.8) is 0 Å². The number of alkyl halides is 3. The Balaban J connectivity index is 2.07. The number of para-hydroxylation sites is 1. The highest BCUT2D eigenvalue weighted by molar-refractivity contribution is 8.00. The van der Waals surface area contributed by atoms with Crippen LogP contribution >= 0.6 is 11.8 Å². The molecule has 1 nitrogen and oxygen atoms in total. The van der Waals surface area contributed by atoms with Crippen LogP contribution in [0, 0.1) is 0 Å². The van der Waals surface area contributed by atoms with Crippen LogP contribution in [0.1, 0.15) is 5.56 Å². The summed E-state index contributed by atoms with van der Waals surface area (Å²) in [5, 5.41) is 1.03. The molecule has 0 fully saturated rings. The zero-order valence-electron chi connectivity index (χ0n) is 11.0. The van der Waals surface area contributed by atoms with Crippen LogP contribution in [0.4, 0.5) is 13.2 Å². The van der Waals surface area contributed by atoms with Gasteiger partial charge in [-0.2, -0.15) is 13.2 Å². The molecular weight excluding hydrogens is 295 g/mol. The Labute approximate surface area is 124 Å². The SMILES string of the molecule is FC(F)(F)Sc1cc2ccccc2n1Cc1ccccc1. The fourth-order valence-corrected chi connectivity index (χ4v) is 3.01. The van der Waals surface area contributed by atoms with E-state index < -0.39 is 5.51 Å². The molecule has 0 radical (unpaired) electrons. The monoisotopic (exact) mass is 307 g/mol. The molecular formula is C16H12F3NS. The van der Waals surface area contributed by atoms with Gasteiger partial charge in [-0.1, -0.05) is 48.5 Å². The number of benzene rings is 2. The highest BCUT2D eigenvalue weighted by Crippen LogP contribution is 2.39. The lowest BCUT2D eigenvalue weighted by Crippen LogP contribution is -2.05. The average molecular weight is 307 g/mol. The number of halogens is 3. The van der Waals surface area contributed by atoms with Gasteiger partial charge in [0.25, 0.3) is 0 Å². The van der Waals surface area contributed by atoms with E-state index in [1.165, 1.54) is 0 Å². The number of fused-ring (bicyclic) bond motifs is 1. The van der Waals surface area contributed by atoms with Crippen LogP contribution in [0.2, 0.25) is 0 Å². The number of hydrogen-bond acceptors (Lipinski definition) is 1. The van der Waals surface area contributed by atoms with Crippen molar-refractivity contribution in [2.45, 2.75) is 17.1 Å². The quantitative estimate of drug-likeness (QED) is 0.594. The Morgan fingerprint density at radius 1 is 0.905 bits per heavy atom. The molecule has 0 aliphatic heterocycles. The van der Waals surface area contributed by atoms with E-state index in [0.29, 0.717) is 6.54 Å². The summed E-state index contributed by atoms with van der Waals surface area (Å²) in [5.74, 6) is 0. The molecule has 3 aromatic rings. The first-order valence-corrected chi connectivity index (χ1v) is 7.22. The predicted octanol–water partition coefficient (Wildman–Crippen LogP) is 5.30. The van der Waals surface area contributed by atoms with Gasteiger partial charge in [-0.05, 0) is 17.7 Å². The molecule has 21 heavy (non-hydrogen) atoms. The van der Waals surface area contributed by atoms with Gasteiger partial charge in [0.05, 0.1) is 5.03 Å². The lowest BCUT2D eigenvalue weighted by Gasteiger charge is -2.12. The molecule has 108 valence electrons. The van der Waals surface area contributed by atoms with Gasteiger partial charge in [0.1, 0.15) is 0 Å². The van der Waals surface area contributed by atoms with Crippen molar-refractivity contribution in [1.29, 1.82) is 0 Å². The van der Waals surface area contributed by atoms with Gasteiger partial charge < -0.3 is 4.57 Å². The Morgan fingerprint density at radius 3 is 2.29 bits per heavy atom. The van der Waals surface area contributed by atoms with Gasteiger partial charge >= 0.3 is 5.51 Å². The highest BCUT2D eigenvalue weighted by atomic mass is 32.2. The van der Waals surface area contributed by atoms with E-state index in [1.54, 1.807) is 10.6 Å². The smallest absolute Gasteiger partial charge is 0.331 e. The third kappa shape index (κ3) is 3.24. The molecule has 0 amide bonds. The summed E-state index contributed by atoms with van der Waals surface area (Å²) in [6.07, 6.45) is 0. The molecule has 2 aromatic carbocycles. The summed E-state index contributed by atoms with van der Waals surface area (Å²) in [7, 11) is 0. The summed E-state index contributed by atoms with van der Waals surface area (Å²) in [5.41, 5.74) is -2.50. The van der Waals surface area contributed by atoms with E-state index in [0.717, 1.165) is 16.5 Å². The first-order chi connectivity index (χ1) is 10.0. The molecule has 0 saturated carbocycles. The van der Waals surface area contributed by atoms with Crippen molar-refractivity contribution in [3.05, 3.63) is 66.2 Å². The molecule has 0 saturated heterocycles. The standard InChI is InChI=1S/C16H12F3NS/c17-16(18,19)21-15-10-13-8-4-5-9-14(13)20(15)11-12-6-2-1-3-7-12/h1-10H,11H2. The Morgan fingerprint density at radius 2 is 1.57 bits per heavy atom. The molecule has 0 spiro atoms. The van der Waals surface area contributed by atoms with Gasteiger partial charge in [-0.25, -0.2) is 0 Å². The van der Waals surface area contributed by atoms with Crippen LogP contribution in [0.3, 0.4) is 0 Å². The maximum Gasteiger partial charge on any atom is 0.447 e. The number of thioether (sulfide) groups is 1. The van der Waals surface area contributed by atoms with Crippen LogP contribution in [0.25, 0.3) is 10.9 Å². The van der Waals surface area contributed by atoms with Crippen molar-refractivity contribution in [2.75, 3.05) is 0 Å². The summed E-state index contributed by atoms with van der Waals surface area (Å²) in [4.78, 5) is 0. The van der Waals surface area contributed by atoms with Gasteiger partial charge in [-0.15, -0.1) is 0 Å². The summed E-state index contributed by atoms with van der Waals surface area (Å²) in [6.45, 7) is 0.423. The molecule has 0 atom stereocenters. The molecule has 0 bridgehead atoms. The molecule has 5 heteroatoms. The minimum absolute atomic E-state index is 0.0647. The Bertz CT molecular complexity index is 747. The second-order valence-corrected chi connectivity index (χ2v) is 5.75. The fraction of sp³-hybridized carbons (Fsp3) is 0.125. The molecule has 3 rings (SSSR count). The summed E-state index contributed by atoms with van der Waals surface area (Å²) in [6, 6.07) is 18.4. The van der Waals surface area contributed by atoms with E-state index in [2.05, 4.69) is 0 Å². The van der Waals surface area contributed by atoms with Gasteiger partial charge in [0.2, 0.25) is 0 Å². The average Bonchev–Trinajstić information content (AvgIpc) is 2.76. The third-order valence-electron chi connectivity index (χ3n) is 3.18. The van der Waals surface area contributed by atoms with Gasteiger partial charge in [0, 0.05) is 29.2 Å². The van der Waals surface area contributed by atoms with Crippen molar-refractivity contribution >= 4 is 22.7 Å². The van der Waals surface area contributed by atoms with E-state index in [9.17, 15) is 13.2 Å². The third-order valence-corrected chi connectivity index (χ3v) is 3.96. The fourth-order valence-electron chi connectivity index (χ4n) is 2.32. The van der Waals surface area contributed by atoms with Crippen molar-refractivity contribution in [3.8, 4) is 0 Å². The number of hydrogen-bond donors (Lipinski definition) is 0. The van der Waals surface area contributed by atoms with E-state index in [4.69, 9.17) is 0 Å². The number of rotatable bonds is 3. The van der Waals surface area contributed by atoms with E-state index in [1.807, 2.05) is 54.6 Å². The molecule has 0 unspecified atom stereocenters. The maximum atomic E-state index is 12.7. The van der Waals surface area contributed by atoms with Crippen LogP contribution < -0.4 is 0 Å². The normalized spacial score (nSPS) is 12.0. The minimum atomic E-state index is -4.29. The molecule has 1 heterocycles. The van der Waals surface area contributed by atoms with E-state index in [-0.39, 0.29) is 16.8 Å². The summed E-state index contributed by atoms with van der Waals surface area (Å²) < 4.78 is 39.9. The zero-order chi connectivity index (χ0) is 14.9. The lowest BCUT2D eigenvalue weighted by molar-refractivity contribution is -0.0330. The van der Waals surface area contributed by atoms with E-state index >= 15 is 0 Å². The largest absolute Gasteiger partial charge is 0.447 e. The van der Waals surface area contributed by atoms with Crippen LogP contribution in [0.15, 0.2) is 65.7 Å². The predicted molar refractivity (Wildman–Crippen MR) is 79.4 cm³/mol. The Hall–Kier alpha value is -1.88. The number of nitrogens with zero attached hydrogens (tertiary/aromatic N) is 1. The minimum Gasteiger partial charge on any atom is -0.331 e. The first-order valence-electron chi connectivity index (χ1n) is 6.41. The van der Waals surface area contributed by atoms with Gasteiger partial charge in [-0.3, -0.25) is 0 Å². The van der Waals surface area contributed by atoms with Gasteiger partial charge in [0.15, 0.2) is 0 Å². The molecule has 1 aromatic heterocycles. The Kier molecular flexibility index (Phi) is 3.68. The molecule has 0 aliphatic rings. The van der Waals surface area contributed by atoms with Crippen LogP contribution in [-0.2, 0) is 6.54 Å². The van der Waals surface area contributed by atoms with Crippen molar-refractivity contribution in [2.24, 2.45) is 0 Å². The number of aromatic nitrogens is 1. The maximum absolute atomic E-state index is 12.7. The molecule has 0 N–H and O–H groups in total. The van der Waals surface area contributed by atoms with Crippen molar-refractivity contribution in [1.82, 2.24) is 4.57 Å². The highest BCUT2D eigenvalue weighted by Gasteiger charge is 2.31. The van der Waals surface area contributed by atoms with Crippen molar-refractivity contribution < 1.29 is 13.2 Å². The second-order valence-electron chi connectivity index (χ2n) is 4.66. The summed E-state index contributed by atoms with van der Waals surface area (Å²) >= 11 is -0.0647. The van der Waals surface area contributed by atoms with Crippen LogP contribution in [0.5, 0.6) is 0 Å². The zero-order valence-corrected chi connectivity index (χ0v) is 11.8. The molecule has 0 aliphatic carbocycles. The lowest BCUT2D eigenvalue weighted by atomic mass is 10.2. The first kappa shape index (κ1) is 14.1. The second kappa shape index (κ2) is 5.48. The topological polar surface area (TPSA) is 4.93 Å². The van der Waals surface area contributed by atoms with Crippen LogP contribution in [-0.4, -0.2) is 10.1 Å².